The summed E-state index contributed by atoms with van der Waals surface area (Å²) in [7, 11) is 0. The highest BCUT2D eigenvalue weighted by molar-refractivity contribution is 7.13. The molecule has 1 fully saturated rings. The molecule has 1 aromatic rings. The molecule has 7 heteroatoms. The number of amides is 1. The molecule has 1 amide bonds. The van der Waals surface area contributed by atoms with Crippen molar-refractivity contribution in [2.75, 3.05) is 25.4 Å². The second-order valence-corrected chi connectivity index (χ2v) is 6.03. The van der Waals surface area contributed by atoms with E-state index in [-0.39, 0.29) is 18.4 Å². The van der Waals surface area contributed by atoms with Crippen LogP contribution in [0.1, 0.15) is 25.0 Å². The van der Waals surface area contributed by atoms with Crippen molar-refractivity contribution in [3.8, 4) is 0 Å². The molecule has 0 aliphatic carbocycles. The topological polar surface area (TPSA) is 99.7 Å². The first-order chi connectivity index (χ1) is 9.60. The monoisotopic (exact) mass is 299 g/mol. The van der Waals surface area contributed by atoms with Crippen LogP contribution < -0.4 is 5.73 Å². The Bertz CT molecular complexity index is 444. The molecule has 0 spiro atoms. The van der Waals surface area contributed by atoms with Crippen LogP contribution in [0, 0.1) is 5.92 Å². The Morgan fingerprint density at radius 2 is 2.25 bits per heavy atom. The zero-order valence-corrected chi connectivity index (χ0v) is 12.2. The number of aryl methyl sites for hydroxylation is 1. The number of thiazole rings is 1. The van der Waals surface area contributed by atoms with Gasteiger partial charge in [0.25, 0.3) is 0 Å². The second kappa shape index (κ2) is 7.01. The van der Waals surface area contributed by atoms with Gasteiger partial charge in [-0.05, 0) is 25.2 Å². The summed E-state index contributed by atoms with van der Waals surface area (Å²) in [5.41, 5.74) is 6.42. The zero-order chi connectivity index (χ0) is 14.5. The van der Waals surface area contributed by atoms with Crippen molar-refractivity contribution in [3.63, 3.8) is 0 Å². The number of aliphatic hydroxyl groups excluding tert-OH is 2. The van der Waals surface area contributed by atoms with E-state index >= 15 is 0 Å². The highest BCUT2D eigenvalue weighted by atomic mass is 32.1. The maximum absolute atomic E-state index is 12.1. The van der Waals surface area contributed by atoms with E-state index in [1.54, 1.807) is 0 Å². The number of carbonyl (C=O) groups excluding carboxylic acids is 1. The van der Waals surface area contributed by atoms with E-state index in [1.165, 1.54) is 11.3 Å². The molecule has 1 saturated heterocycles. The number of rotatable bonds is 5. The number of aliphatic hydroxyl groups is 2. The third kappa shape index (κ3) is 3.91. The number of nitrogens with zero attached hydrogens (tertiary/aromatic N) is 2. The fraction of sp³-hybridized carbons (Fsp3) is 0.692. The minimum Gasteiger partial charge on any atom is -0.394 e. The fourth-order valence-corrected chi connectivity index (χ4v) is 3.11. The quantitative estimate of drug-likeness (QED) is 0.724. The smallest absolute Gasteiger partial charge is 0.222 e. The van der Waals surface area contributed by atoms with Crippen molar-refractivity contribution < 1.29 is 15.0 Å². The summed E-state index contributed by atoms with van der Waals surface area (Å²) in [6, 6.07) is 0. The lowest BCUT2D eigenvalue weighted by Crippen LogP contribution is -2.42. The highest BCUT2D eigenvalue weighted by Crippen LogP contribution is 2.21. The molecule has 1 aromatic heterocycles. The van der Waals surface area contributed by atoms with E-state index in [2.05, 4.69) is 4.98 Å². The van der Waals surface area contributed by atoms with Crippen LogP contribution in [-0.4, -0.2) is 51.8 Å². The lowest BCUT2D eigenvalue weighted by atomic mass is 9.91. The maximum atomic E-state index is 12.1. The molecule has 0 radical (unpaired) electrons. The number of nitrogens with two attached hydrogens (primary N) is 1. The number of hydrogen-bond donors (Lipinski definition) is 3. The van der Waals surface area contributed by atoms with Crippen molar-refractivity contribution >= 4 is 22.4 Å². The SMILES string of the molecule is Nc1nc(CCC(=O)N2CCC(C(O)CO)CC2)cs1. The summed E-state index contributed by atoms with van der Waals surface area (Å²) >= 11 is 1.39. The molecule has 0 saturated carbocycles. The van der Waals surface area contributed by atoms with Crippen molar-refractivity contribution in [1.29, 1.82) is 0 Å². The number of nitrogen functional groups attached to an aromatic ring is 1. The van der Waals surface area contributed by atoms with E-state index in [0.29, 0.717) is 31.1 Å². The average Bonchev–Trinajstić information content (AvgIpc) is 2.89. The number of aromatic nitrogens is 1. The molecule has 1 aliphatic rings. The van der Waals surface area contributed by atoms with Gasteiger partial charge in [0.2, 0.25) is 5.91 Å². The van der Waals surface area contributed by atoms with E-state index < -0.39 is 6.10 Å². The van der Waals surface area contributed by atoms with Gasteiger partial charge in [-0.2, -0.15) is 0 Å². The lowest BCUT2D eigenvalue weighted by Gasteiger charge is -2.33. The van der Waals surface area contributed by atoms with E-state index in [9.17, 15) is 9.90 Å². The molecule has 1 aliphatic heterocycles. The summed E-state index contributed by atoms with van der Waals surface area (Å²) in [5.74, 6) is 0.218. The summed E-state index contributed by atoms with van der Waals surface area (Å²) in [6.45, 7) is 1.10. The normalized spacial score (nSPS) is 18.2. The molecule has 1 atom stereocenters. The van der Waals surface area contributed by atoms with Gasteiger partial charge in [0, 0.05) is 24.9 Å². The van der Waals surface area contributed by atoms with Gasteiger partial charge in [0.15, 0.2) is 5.13 Å². The minimum atomic E-state index is -0.662. The number of piperidine rings is 1. The molecule has 2 heterocycles. The second-order valence-electron chi connectivity index (χ2n) is 5.15. The van der Waals surface area contributed by atoms with Gasteiger partial charge in [0.1, 0.15) is 0 Å². The van der Waals surface area contributed by atoms with E-state index in [4.69, 9.17) is 10.8 Å². The first-order valence-electron chi connectivity index (χ1n) is 6.86. The van der Waals surface area contributed by atoms with Crippen molar-refractivity contribution in [2.45, 2.75) is 31.8 Å². The highest BCUT2D eigenvalue weighted by Gasteiger charge is 2.26. The van der Waals surface area contributed by atoms with Crippen LogP contribution in [0.4, 0.5) is 5.13 Å². The molecular formula is C13H21N3O3S. The Morgan fingerprint density at radius 3 is 2.80 bits per heavy atom. The fourth-order valence-electron chi connectivity index (χ4n) is 2.51. The van der Waals surface area contributed by atoms with Crippen LogP contribution in [0.3, 0.4) is 0 Å². The van der Waals surface area contributed by atoms with Gasteiger partial charge in [-0.3, -0.25) is 4.79 Å². The summed E-state index contributed by atoms with van der Waals surface area (Å²) < 4.78 is 0. The van der Waals surface area contributed by atoms with Gasteiger partial charge in [-0.15, -0.1) is 11.3 Å². The van der Waals surface area contributed by atoms with Gasteiger partial charge in [-0.1, -0.05) is 0 Å². The van der Waals surface area contributed by atoms with E-state index in [0.717, 1.165) is 18.5 Å². The van der Waals surface area contributed by atoms with Crippen molar-refractivity contribution in [3.05, 3.63) is 11.1 Å². The molecule has 112 valence electrons. The summed E-state index contributed by atoms with van der Waals surface area (Å²) in [4.78, 5) is 18.1. The third-order valence-electron chi connectivity index (χ3n) is 3.79. The standard InChI is InChI=1S/C13H21N3O3S/c14-13-15-10(8-20-13)1-2-12(19)16-5-3-9(4-6-16)11(18)7-17/h8-9,11,17-18H,1-7H2,(H2,14,15). The van der Waals surface area contributed by atoms with Crippen LogP contribution in [0.15, 0.2) is 5.38 Å². The molecule has 6 nitrogen and oxygen atoms in total. The van der Waals surface area contributed by atoms with E-state index in [1.807, 2.05) is 10.3 Å². The predicted molar refractivity (Wildman–Crippen MR) is 77.2 cm³/mol. The van der Waals surface area contributed by atoms with Crippen LogP contribution in [-0.2, 0) is 11.2 Å². The van der Waals surface area contributed by atoms with Gasteiger partial charge in [-0.25, -0.2) is 4.98 Å². The Morgan fingerprint density at radius 1 is 1.55 bits per heavy atom. The largest absolute Gasteiger partial charge is 0.394 e. The van der Waals surface area contributed by atoms with Crippen molar-refractivity contribution in [1.82, 2.24) is 9.88 Å². The third-order valence-corrected chi connectivity index (χ3v) is 4.51. The van der Waals surface area contributed by atoms with Crippen LogP contribution >= 0.6 is 11.3 Å². The average molecular weight is 299 g/mol. The number of carbonyl (C=O) groups is 1. The predicted octanol–water partition coefficient (Wildman–Crippen LogP) is 0.250. The first-order valence-corrected chi connectivity index (χ1v) is 7.74. The summed E-state index contributed by atoms with van der Waals surface area (Å²) in [5, 5.41) is 20.9. The number of hydrogen-bond acceptors (Lipinski definition) is 6. The minimum absolute atomic E-state index is 0.0994. The molecular weight excluding hydrogens is 278 g/mol. The van der Waals surface area contributed by atoms with Gasteiger partial charge in [0.05, 0.1) is 18.4 Å². The summed E-state index contributed by atoms with van der Waals surface area (Å²) in [6.07, 6.45) is 1.89. The van der Waals surface area contributed by atoms with Crippen LogP contribution in [0.2, 0.25) is 0 Å². The maximum Gasteiger partial charge on any atom is 0.222 e. The first kappa shape index (κ1) is 15.2. The Labute approximate surface area is 122 Å². The molecule has 0 bridgehead atoms. The Kier molecular flexibility index (Phi) is 5.33. The molecule has 1 unspecified atom stereocenters. The lowest BCUT2D eigenvalue weighted by molar-refractivity contribution is -0.133. The van der Waals surface area contributed by atoms with Crippen LogP contribution in [0.25, 0.3) is 0 Å². The number of anilines is 1. The molecule has 20 heavy (non-hydrogen) atoms. The van der Waals surface area contributed by atoms with Crippen LogP contribution in [0.5, 0.6) is 0 Å². The Hall–Kier alpha value is -1.18. The Balaban J connectivity index is 1.74. The molecule has 0 aromatic carbocycles. The van der Waals surface area contributed by atoms with Gasteiger partial charge >= 0.3 is 0 Å². The molecule has 2 rings (SSSR count). The van der Waals surface area contributed by atoms with Crippen molar-refractivity contribution in [2.24, 2.45) is 5.92 Å². The van der Waals surface area contributed by atoms with Gasteiger partial charge < -0.3 is 20.8 Å². The zero-order valence-electron chi connectivity index (χ0n) is 11.4. The number of likely N-dealkylation sites (tertiary alicyclic amines) is 1. The molecule has 4 N–H and O–H groups in total.